The van der Waals surface area contributed by atoms with Crippen molar-refractivity contribution >= 4 is 44.9 Å². The van der Waals surface area contributed by atoms with Crippen LogP contribution in [-0.4, -0.2) is 27.0 Å². The summed E-state index contributed by atoms with van der Waals surface area (Å²) in [5, 5.41) is 0.353. The molecular formula is C17H17Cl2NO4S. The molecule has 0 unspecified atom stereocenters. The van der Waals surface area contributed by atoms with Crippen molar-refractivity contribution in [3.8, 4) is 0 Å². The first kappa shape index (κ1) is 19.6. The highest BCUT2D eigenvalue weighted by atomic mass is 35.5. The second-order valence-electron chi connectivity index (χ2n) is 5.46. The highest BCUT2D eigenvalue weighted by Crippen LogP contribution is 2.29. The molecule has 2 rings (SSSR count). The molecule has 0 atom stereocenters. The second kappa shape index (κ2) is 8.08. The summed E-state index contributed by atoms with van der Waals surface area (Å²) in [4.78, 5) is 12.0. The Morgan fingerprint density at radius 3 is 2.28 bits per heavy atom. The summed E-state index contributed by atoms with van der Waals surface area (Å²) in [5.74, 6) is -0.650. The van der Waals surface area contributed by atoms with E-state index in [4.69, 9.17) is 27.9 Å². The monoisotopic (exact) mass is 401 g/mol. The molecule has 0 aliphatic heterocycles. The molecular weight excluding hydrogens is 385 g/mol. The van der Waals surface area contributed by atoms with Crippen LogP contribution in [0.25, 0.3) is 0 Å². The van der Waals surface area contributed by atoms with Gasteiger partial charge in [-0.05, 0) is 44.2 Å². The van der Waals surface area contributed by atoms with E-state index in [1.165, 1.54) is 18.2 Å². The Morgan fingerprint density at radius 2 is 1.72 bits per heavy atom. The van der Waals surface area contributed by atoms with Crippen molar-refractivity contribution in [3.63, 3.8) is 0 Å². The maximum atomic E-state index is 13.0. The number of benzene rings is 2. The number of sulfonamides is 1. The summed E-state index contributed by atoms with van der Waals surface area (Å²) < 4.78 is 32.1. The van der Waals surface area contributed by atoms with E-state index in [-0.39, 0.29) is 21.0 Å². The molecule has 2 aromatic rings. The SMILES string of the molecule is CC(C)OC(=O)CN(c1ccccc1)S(=O)(=O)c1ccc(Cl)c(Cl)c1. The van der Waals surface area contributed by atoms with Gasteiger partial charge in [0.05, 0.1) is 26.7 Å². The molecule has 0 bridgehead atoms. The summed E-state index contributed by atoms with van der Waals surface area (Å²) in [7, 11) is -4.03. The molecule has 25 heavy (non-hydrogen) atoms. The van der Waals surface area contributed by atoms with Gasteiger partial charge < -0.3 is 4.74 Å². The Bertz CT molecular complexity index is 854. The molecule has 0 N–H and O–H groups in total. The molecule has 2 aromatic carbocycles. The molecule has 0 aromatic heterocycles. The quantitative estimate of drug-likeness (QED) is 0.682. The minimum absolute atomic E-state index is 0.0666. The summed E-state index contributed by atoms with van der Waals surface area (Å²) in [6, 6.07) is 12.3. The largest absolute Gasteiger partial charge is 0.462 e. The number of para-hydroxylation sites is 1. The Kier molecular flexibility index (Phi) is 6.32. The minimum Gasteiger partial charge on any atom is -0.462 e. The van der Waals surface area contributed by atoms with Crippen LogP contribution in [0.4, 0.5) is 5.69 Å². The van der Waals surface area contributed by atoms with Crippen LogP contribution in [0.15, 0.2) is 53.4 Å². The van der Waals surface area contributed by atoms with Gasteiger partial charge in [0.25, 0.3) is 10.0 Å². The maximum absolute atomic E-state index is 13.0. The van der Waals surface area contributed by atoms with Crippen molar-refractivity contribution in [2.45, 2.75) is 24.8 Å². The van der Waals surface area contributed by atoms with Crippen molar-refractivity contribution < 1.29 is 17.9 Å². The zero-order chi connectivity index (χ0) is 18.6. The second-order valence-corrected chi connectivity index (χ2v) is 8.14. The maximum Gasteiger partial charge on any atom is 0.327 e. The number of nitrogens with zero attached hydrogens (tertiary/aromatic N) is 1. The van der Waals surface area contributed by atoms with Crippen LogP contribution in [0.3, 0.4) is 0 Å². The molecule has 0 aliphatic rings. The highest BCUT2D eigenvalue weighted by molar-refractivity contribution is 7.92. The average Bonchev–Trinajstić information content (AvgIpc) is 2.55. The normalized spacial score (nSPS) is 11.4. The number of carbonyl (C=O) groups is 1. The third-order valence-electron chi connectivity index (χ3n) is 3.16. The Morgan fingerprint density at radius 1 is 1.08 bits per heavy atom. The molecule has 134 valence electrons. The molecule has 0 saturated carbocycles. The first-order valence-corrected chi connectivity index (χ1v) is 9.63. The van der Waals surface area contributed by atoms with E-state index in [9.17, 15) is 13.2 Å². The number of rotatable bonds is 6. The molecule has 0 spiro atoms. The molecule has 0 aliphatic carbocycles. The van der Waals surface area contributed by atoms with E-state index in [0.29, 0.717) is 5.69 Å². The van der Waals surface area contributed by atoms with E-state index < -0.39 is 22.5 Å². The van der Waals surface area contributed by atoms with E-state index in [1.807, 2.05) is 0 Å². The predicted molar refractivity (Wildman–Crippen MR) is 98.7 cm³/mol. The van der Waals surface area contributed by atoms with Gasteiger partial charge in [-0.1, -0.05) is 41.4 Å². The van der Waals surface area contributed by atoms with Crippen molar-refractivity contribution in [2.75, 3.05) is 10.8 Å². The fourth-order valence-electron chi connectivity index (χ4n) is 2.09. The van der Waals surface area contributed by atoms with Gasteiger partial charge in [0.2, 0.25) is 0 Å². The minimum atomic E-state index is -4.03. The molecule has 0 fully saturated rings. The number of halogens is 2. The van der Waals surface area contributed by atoms with Crippen molar-refractivity contribution in [1.29, 1.82) is 0 Å². The number of anilines is 1. The van der Waals surface area contributed by atoms with Gasteiger partial charge in [-0.15, -0.1) is 0 Å². The van der Waals surface area contributed by atoms with Gasteiger partial charge in [-0.2, -0.15) is 0 Å². The molecule has 0 amide bonds. The summed E-state index contributed by atoms with van der Waals surface area (Å²) in [5.41, 5.74) is 0.342. The standard InChI is InChI=1S/C17H17Cl2NO4S/c1-12(2)24-17(21)11-20(13-6-4-3-5-7-13)25(22,23)14-8-9-15(18)16(19)10-14/h3-10,12H,11H2,1-2H3. The van der Waals surface area contributed by atoms with Gasteiger partial charge in [0.15, 0.2) is 0 Å². The van der Waals surface area contributed by atoms with E-state index in [0.717, 1.165) is 4.31 Å². The van der Waals surface area contributed by atoms with Crippen molar-refractivity contribution in [2.24, 2.45) is 0 Å². The summed E-state index contributed by atoms with van der Waals surface area (Å²) in [6.07, 6.45) is -0.349. The van der Waals surface area contributed by atoms with Crippen molar-refractivity contribution in [1.82, 2.24) is 0 Å². The zero-order valence-electron chi connectivity index (χ0n) is 13.6. The van der Waals surface area contributed by atoms with Gasteiger partial charge in [0, 0.05) is 0 Å². The first-order valence-electron chi connectivity index (χ1n) is 7.44. The van der Waals surface area contributed by atoms with E-state index in [2.05, 4.69) is 0 Å². The van der Waals surface area contributed by atoms with Gasteiger partial charge in [-0.25, -0.2) is 8.42 Å². The van der Waals surface area contributed by atoms with Crippen LogP contribution in [-0.2, 0) is 19.6 Å². The lowest BCUT2D eigenvalue weighted by molar-refractivity contribution is -0.145. The number of esters is 1. The van der Waals surface area contributed by atoms with Crippen LogP contribution < -0.4 is 4.31 Å². The Labute approximate surface area is 157 Å². The van der Waals surface area contributed by atoms with Crippen LogP contribution in [0.1, 0.15) is 13.8 Å². The number of carbonyl (C=O) groups excluding carboxylic acids is 1. The predicted octanol–water partition coefficient (Wildman–Crippen LogP) is 4.14. The number of ether oxygens (including phenoxy) is 1. The van der Waals surface area contributed by atoms with Crippen LogP contribution in [0, 0.1) is 0 Å². The molecule has 5 nitrogen and oxygen atoms in total. The van der Waals surface area contributed by atoms with Crippen LogP contribution in [0.2, 0.25) is 10.0 Å². The lowest BCUT2D eigenvalue weighted by atomic mass is 10.3. The topological polar surface area (TPSA) is 63.7 Å². The van der Waals surface area contributed by atoms with E-state index in [1.54, 1.807) is 44.2 Å². The first-order chi connectivity index (χ1) is 11.7. The summed E-state index contributed by atoms with van der Waals surface area (Å²) >= 11 is 11.8. The molecule has 0 saturated heterocycles. The summed E-state index contributed by atoms with van der Waals surface area (Å²) in [6.45, 7) is 2.93. The van der Waals surface area contributed by atoms with Gasteiger partial charge >= 0.3 is 5.97 Å². The number of hydrogen-bond donors (Lipinski definition) is 0. The van der Waals surface area contributed by atoms with Crippen LogP contribution >= 0.6 is 23.2 Å². The van der Waals surface area contributed by atoms with Gasteiger partial charge in [0.1, 0.15) is 6.54 Å². The van der Waals surface area contributed by atoms with E-state index >= 15 is 0 Å². The fraction of sp³-hybridized carbons (Fsp3) is 0.235. The molecule has 0 radical (unpaired) electrons. The smallest absolute Gasteiger partial charge is 0.327 e. The van der Waals surface area contributed by atoms with Crippen molar-refractivity contribution in [3.05, 3.63) is 58.6 Å². The average molecular weight is 402 g/mol. The Balaban J connectivity index is 2.46. The van der Waals surface area contributed by atoms with Gasteiger partial charge in [-0.3, -0.25) is 9.10 Å². The third kappa shape index (κ3) is 4.87. The van der Waals surface area contributed by atoms with Crippen LogP contribution in [0.5, 0.6) is 0 Å². The lowest BCUT2D eigenvalue weighted by Gasteiger charge is -2.24. The number of hydrogen-bond acceptors (Lipinski definition) is 4. The molecule has 0 heterocycles. The fourth-order valence-corrected chi connectivity index (χ4v) is 3.89. The highest BCUT2D eigenvalue weighted by Gasteiger charge is 2.28. The Hall–Kier alpha value is -1.76. The zero-order valence-corrected chi connectivity index (χ0v) is 16.0. The third-order valence-corrected chi connectivity index (χ3v) is 5.67. The lowest BCUT2D eigenvalue weighted by Crippen LogP contribution is -2.37. The molecule has 8 heteroatoms.